The van der Waals surface area contributed by atoms with Crippen LogP contribution in [0, 0.1) is 16.1 Å². The van der Waals surface area contributed by atoms with E-state index in [-0.39, 0.29) is 18.0 Å². The maximum absolute atomic E-state index is 13.1. The zero-order valence-electron chi connectivity index (χ0n) is 9.95. The van der Waals surface area contributed by atoms with Gasteiger partial charge in [-0.05, 0) is 17.7 Å². The minimum absolute atomic E-state index is 0.0444. The van der Waals surface area contributed by atoms with E-state index >= 15 is 0 Å². The van der Waals surface area contributed by atoms with Gasteiger partial charge in [0.1, 0.15) is 0 Å². The van der Waals surface area contributed by atoms with Gasteiger partial charge in [0.05, 0.1) is 11.5 Å². The van der Waals surface area contributed by atoms with E-state index in [9.17, 15) is 14.5 Å². The van der Waals surface area contributed by atoms with Crippen molar-refractivity contribution in [2.45, 2.75) is 6.42 Å². The predicted octanol–water partition coefficient (Wildman–Crippen LogP) is 2.75. The first-order valence-corrected chi connectivity index (χ1v) is 5.63. The third-order valence-corrected chi connectivity index (χ3v) is 2.52. The lowest BCUT2D eigenvalue weighted by atomic mass is 10.1. The Morgan fingerprint density at radius 3 is 2.63 bits per heavy atom. The number of nitro benzene ring substituents is 1. The van der Waals surface area contributed by atoms with Crippen LogP contribution in [0.4, 0.5) is 10.1 Å². The molecule has 0 bridgehead atoms. The zero-order chi connectivity index (χ0) is 13.7. The number of nitro groups is 1. The van der Waals surface area contributed by atoms with Crippen molar-refractivity contribution in [3.63, 3.8) is 0 Å². The quantitative estimate of drug-likeness (QED) is 0.472. The van der Waals surface area contributed by atoms with Crippen molar-refractivity contribution in [2.24, 2.45) is 0 Å². The molecule has 0 fully saturated rings. The van der Waals surface area contributed by atoms with Crippen LogP contribution < -0.4 is 4.74 Å². The highest BCUT2D eigenvalue weighted by Gasteiger charge is 2.05. The van der Waals surface area contributed by atoms with E-state index in [4.69, 9.17) is 4.74 Å². The largest absolute Gasteiger partial charge is 0.488 e. The van der Waals surface area contributed by atoms with Gasteiger partial charge >= 0.3 is 0 Å². The maximum Gasteiger partial charge on any atom is 0.269 e. The van der Waals surface area contributed by atoms with E-state index in [0.29, 0.717) is 6.42 Å². The van der Waals surface area contributed by atoms with Crippen LogP contribution in [-0.4, -0.2) is 16.5 Å². The van der Waals surface area contributed by atoms with Crippen LogP contribution in [-0.2, 0) is 6.42 Å². The van der Waals surface area contributed by atoms with Gasteiger partial charge in [0.2, 0.25) is 0 Å². The first-order valence-electron chi connectivity index (χ1n) is 5.63. The molecule has 98 valence electrons. The first-order chi connectivity index (χ1) is 9.16. The topological polar surface area (TPSA) is 65.3 Å². The Morgan fingerprint density at radius 1 is 1.26 bits per heavy atom. The third-order valence-electron chi connectivity index (χ3n) is 2.52. The van der Waals surface area contributed by atoms with Crippen LogP contribution in [0.25, 0.3) is 0 Å². The highest BCUT2D eigenvalue weighted by molar-refractivity contribution is 5.33. The van der Waals surface area contributed by atoms with Crippen molar-refractivity contribution in [1.29, 1.82) is 0 Å². The fourth-order valence-electron chi connectivity index (χ4n) is 1.54. The van der Waals surface area contributed by atoms with Gasteiger partial charge in [-0.25, -0.2) is 4.98 Å². The molecule has 0 unspecified atom stereocenters. The highest BCUT2D eigenvalue weighted by atomic mass is 19.1. The molecule has 2 rings (SSSR count). The van der Waals surface area contributed by atoms with Crippen molar-refractivity contribution in [3.8, 4) is 5.75 Å². The molecule has 0 aliphatic heterocycles. The summed E-state index contributed by atoms with van der Waals surface area (Å²) in [4.78, 5) is 13.5. The van der Waals surface area contributed by atoms with Gasteiger partial charge in [-0.2, -0.15) is 4.39 Å². The molecule has 0 atom stereocenters. The summed E-state index contributed by atoms with van der Waals surface area (Å²) in [6.07, 6.45) is 1.88. The van der Waals surface area contributed by atoms with E-state index in [1.165, 1.54) is 24.4 Å². The number of aromatic nitrogens is 1. The van der Waals surface area contributed by atoms with Crippen molar-refractivity contribution < 1.29 is 14.1 Å². The van der Waals surface area contributed by atoms with Crippen LogP contribution in [0.15, 0.2) is 42.6 Å². The van der Waals surface area contributed by atoms with Crippen LogP contribution in [0.1, 0.15) is 5.56 Å². The fraction of sp³-hybridized carbons (Fsp3) is 0.154. The van der Waals surface area contributed by atoms with Crippen molar-refractivity contribution in [2.75, 3.05) is 6.61 Å². The number of ether oxygens (including phenoxy) is 1. The summed E-state index contributed by atoms with van der Waals surface area (Å²) in [6.45, 7) is 0.278. The zero-order valence-corrected chi connectivity index (χ0v) is 9.95. The molecule has 6 heteroatoms. The van der Waals surface area contributed by atoms with E-state index in [1.807, 2.05) is 0 Å². The number of pyridine rings is 1. The molecular formula is C13H11FN2O3. The van der Waals surface area contributed by atoms with Gasteiger partial charge in [-0.1, -0.05) is 12.1 Å². The Morgan fingerprint density at radius 2 is 2.00 bits per heavy atom. The smallest absolute Gasteiger partial charge is 0.269 e. The average Bonchev–Trinajstić information content (AvgIpc) is 2.41. The van der Waals surface area contributed by atoms with Crippen molar-refractivity contribution in [1.82, 2.24) is 4.98 Å². The van der Waals surface area contributed by atoms with E-state index in [0.717, 1.165) is 5.56 Å². The summed E-state index contributed by atoms with van der Waals surface area (Å²) in [6, 6.07) is 9.25. The third kappa shape index (κ3) is 3.48. The van der Waals surface area contributed by atoms with Gasteiger partial charge in [-0.15, -0.1) is 0 Å². The lowest BCUT2D eigenvalue weighted by Gasteiger charge is -2.06. The SMILES string of the molecule is O=[N+]([O-])c1ccc(CCOc2cccnc2F)cc1. The standard InChI is InChI=1S/C13H11FN2O3/c14-13-12(2-1-8-15-13)19-9-7-10-3-5-11(6-4-10)16(17)18/h1-6,8H,7,9H2. The van der Waals surface area contributed by atoms with Crippen LogP contribution in [0.2, 0.25) is 0 Å². The van der Waals surface area contributed by atoms with E-state index in [2.05, 4.69) is 4.98 Å². The monoisotopic (exact) mass is 262 g/mol. The number of non-ortho nitro benzene ring substituents is 1. The Bertz CT molecular complexity index is 572. The van der Waals surface area contributed by atoms with Crippen LogP contribution >= 0.6 is 0 Å². The molecule has 1 aromatic heterocycles. The molecule has 5 nitrogen and oxygen atoms in total. The van der Waals surface area contributed by atoms with Crippen molar-refractivity contribution >= 4 is 5.69 Å². The Kier molecular flexibility index (Phi) is 4.02. The molecule has 0 aliphatic rings. The second-order valence-electron chi connectivity index (χ2n) is 3.81. The Hall–Kier alpha value is -2.50. The molecule has 0 aliphatic carbocycles. The van der Waals surface area contributed by atoms with Gasteiger partial charge < -0.3 is 4.74 Å². The summed E-state index contributed by atoms with van der Waals surface area (Å²) < 4.78 is 18.4. The summed E-state index contributed by atoms with van der Waals surface area (Å²) in [5, 5.41) is 10.5. The number of rotatable bonds is 5. The van der Waals surface area contributed by atoms with E-state index in [1.54, 1.807) is 18.2 Å². The van der Waals surface area contributed by atoms with Crippen molar-refractivity contribution in [3.05, 3.63) is 64.2 Å². The fourth-order valence-corrected chi connectivity index (χ4v) is 1.54. The van der Waals surface area contributed by atoms with Gasteiger partial charge in [0.25, 0.3) is 11.6 Å². The lowest BCUT2D eigenvalue weighted by molar-refractivity contribution is -0.384. The second kappa shape index (κ2) is 5.90. The normalized spacial score (nSPS) is 10.2. The second-order valence-corrected chi connectivity index (χ2v) is 3.81. The number of hydrogen-bond acceptors (Lipinski definition) is 4. The van der Waals surface area contributed by atoms with Crippen LogP contribution in [0.5, 0.6) is 5.75 Å². The van der Waals surface area contributed by atoms with Gasteiger partial charge in [-0.3, -0.25) is 10.1 Å². The molecule has 0 N–H and O–H groups in total. The Balaban J connectivity index is 1.89. The highest BCUT2D eigenvalue weighted by Crippen LogP contribution is 2.15. The van der Waals surface area contributed by atoms with Gasteiger partial charge in [0.15, 0.2) is 5.75 Å². The number of halogens is 1. The molecule has 19 heavy (non-hydrogen) atoms. The Labute approximate surface area is 108 Å². The molecule has 2 aromatic rings. The summed E-state index contributed by atoms with van der Waals surface area (Å²) >= 11 is 0. The van der Waals surface area contributed by atoms with Gasteiger partial charge in [0, 0.05) is 24.8 Å². The molecule has 0 spiro atoms. The summed E-state index contributed by atoms with van der Waals surface area (Å²) in [5.41, 5.74) is 0.929. The molecule has 0 saturated heterocycles. The van der Waals surface area contributed by atoms with Crippen LogP contribution in [0.3, 0.4) is 0 Å². The maximum atomic E-state index is 13.1. The molecular weight excluding hydrogens is 251 g/mol. The minimum Gasteiger partial charge on any atom is -0.488 e. The summed E-state index contributed by atoms with van der Waals surface area (Å²) in [7, 11) is 0. The number of hydrogen-bond donors (Lipinski definition) is 0. The molecule has 0 amide bonds. The van der Waals surface area contributed by atoms with E-state index < -0.39 is 10.9 Å². The molecule has 0 radical (unpaired) electrons. The molecule has 1 aromatic carbocycles. The minimum atomic E-state index is -0.647. The number of benzene rings is 1. The predicted molar refractivity (Wildman–Crippen MR) is 66.5 cm³/mol. The number of nitrogens with zero attached hydrogens (tertiary/aromatic N) is 2. The lowest BCUT2D eigenvalue weighted by Crippen LogP contribution is -2.03. The summed E-state index contributed by atoms with van der Waals surface area (Å²) in [5.74, 6) is -0.546. The molecule has 1 heterocycles. The average molecular weight is 262 g/mol. The first kappa shape index (κ1) is 12.9. The molecule has 0 saturated carbocycles.